The van der Waals surface area contributed by atoms with E-state index in [9.17, 15) is 5.11 Å². The first-order valence-corrected chi connectivity index (χ1v) is 3.53. The van der Waals surface area contributed by atoms with E-state index < -0.39 is 6.10 Å². The minimum absolute atomic E-state index is 0.435. The summed E-state index contributed by atoms with van der Waals surface area (Å²) in [4.78, 5) is 3.85. The lowest BCUT2D eigenvalue weighted by molar-refractivity contribution is 0.181. The molecule has 0 spiro atoms. The normalized spacial score (nSPS) is 12.5. The van der Waals surface area contributed by atoms with Gasteiger partial charge in [-0.1, -0.05) is 6.08 Å². The Hall–Kier alpha value is -1.15. The van der Waals surface area contributed by atoms with Gasteiger partial charge in [0, 0.05) is 12.4 Å². The van der Waals surface area contributed by atoms with Gasteiger partial charge in [0.15, 0.2) is 0 Å². The van der Waals surface area contributed by atoms with Crippen LogP contribution in [0.5, 0.6) is 0 Å². The Morgan fingerprint density at radius 3 is 2.73 bits per heavy atom. The molecule has 0 bridgehead atoms. The van der Waals surface area contributed by atoms with Gasteiger partial charge in [-0.25, -0.2) is 0 Å². The molecule has 58 valence electrons. The number of rotatable bonds is 3. The summed E-state index contributed by atoms with van der Waals surface area (Å²) in [5.74, 6) is 0. The van der Waals surface area contributed by atoms with Crippen LogP contribution in [0, 0.1) is 0 Å². The Bertz CT molecular complexity index is 220. The summed E-state index contributed by atoms with van der Waals surface area (Å²) in [7, 11) is 0. The Kier molecular flexibility index (Phi) is 2.81. The number of hydrogen-bond donors (Lipinski definition) is 1. The maximum Gasteiger partial charge on any atom is 0.0825 e. The first-order valence-electron chi connectivity index (χ1n) is 3.53. The van der Waals surface area contributed by atoms with Gasteiger partial charge in [-0.05, 0) is 24.1 Å². The van der Waals surface area contributed by atoms with Crippen molar-refractivity contribution in [2.24, 2.45) is 0 Å². The molecule has 0 saturated carbocycles. The van der Waals surface area contributed by atoms with Crippen LogP contribution in [0.25, 0.3) is 0 Å². The smallest absolute Gasteiger partial charge is 0.0825 e. The predicted octanol–water partition coefficient (Wildman–Crippen LogP) is 1.69. The summed E-state index contributed by atoms with van der Waals surface area (Å²) in [5, 5.41) is 9.42. The Labute approximate surface area is 66.2 Å². The van der Waals surface area contributed by atoms with Crippen LogP contribution in [0.2, 0.25) is 0 Å². The minimum atomic E-state index is -0.435. The van der Waals surface area contributed by atoms with Crippen molar-refractivity contribution in [2.75, 3.05) is 0 Å². The standard InChI is InChI=1S/C9H11NO/c1-2-3-9(11)8-4-6-10-7-5-8/h2,4-7,9,11H,1,3H2/t9-/m1/s1. The molecule has 2 nitrogen and oxygen atoms in total. The number of aliphatic hydroxyl groups excluding tert-OH is 1. The van der Waals surface area contributed by atoms with Crippen molar-refractivity contribution in [3.05, 3.63) is 42.7 Å². The van der Waals surface area contributed by atoms with Gasteiger partial charge in [0.2, 0.25) is 0 Å². The summed E-state index contributed by atoms with van der Waals surface area (Å²) in [5.41, 5.74) is 0.889. The molecule has 0 aromatic carbocycles. The molecule has 2 heteroatoms. The Morgan fingerprint density at radius 2 is 2.18 bits per heavy atom. The van der Waals surface area contributed by atoms with Gasteiger partial charge in [-0.3, -0.25) is 4.98 Å². The highest BCUT2D eigenvalue weighted by Crippen LogP contribution is 2.14. The lowest BCUT2D eigenvalue weighted by atomic mass is 10.1. The lowest BCUT2D eigenvalue weighted by Crippen LogP contribution is -1.94. The van der Waals surface area contributed by atoms with Crippen LogP contribution < -0.4 is 0 Å². The monoisotopic (exact) mass is 149 g/mol. The zero-order valence-electron chi connectivity index (χ0n) is 6.27. The molecule has 1 aromatic heterocycles. The zero-order valence-corrected chi connectivity index (χ0v) is 6.27. The van der Waals surface area contributed by atoms with E-state index in [0.717, 1.165) is 5.56 Å². The van der Waals surface area contributed by atoms with Crippen molar-refractivity contribution in [1.29, 1.82) is 0 Å². The molecule has 1 aromatic rings. The summed E-state index contributed by atoms with van der Waals surface area (Å²) >= 11 is 0. The molecule has 0 aliphatic heterocycles. The molecule has 0 fully saturated rings. The highest BCUT2D eigenvalue weighted by atomic mass is 16.3. The van der Waals surface area contributed by atoms with Crippen molar-refractivity contribution in [3.8, 4) is 0 Å². The molecule has 0 saturated heterocycles. The fourth-order valence-electron chi connectivity index (χ4n) is 0.880. The number of aromatic nitrogens is 1. The van der Waals surface area contributed by atoms with Gasteiger partial charge in [-0.15, -0.1) is 6.58 Å². The van der Waals surface area contributed by atoms with E-state index in [1.807, 2.05) is 0 Å². The quantitative estimate of drug-likeness (QED) is 0.663. The third-order valence-corrected chi connectivity index (χ3v) is 1.48. The molecule has 1 atom stereocenters. The second-order valence-corrected chi connectivity index (χ2v) is 2.32. The summed E-state index contributed by atoms with van der Waals surface area (Å²) in [6.07, 6.45) is 5.19. The minimum Gasteiger partial charge on any atom is -0.388 e. The zero-order chi connectivity index (χ0) is 8.10. The average Bonchev–Trinajstić information content (AvgIpc) is 2.07. The van der Waals surface area contributed by atoms with Crippen LogP contribution in [-0.4, -0.2) is 10.1 Å². The van der Waals surface area contributed by atoms with Crippen LogP contribution in [-0.2, 0) is 0 Å². The SMILES string of the molecule is C=CC[C@@H](O)c1ccncc1. The fourth-order valence-corrected chi connectivity index (χ4v) is 0.880. The van der Waals surface area contributed by atoms with E-state index in [2.05, 4.69) is 11.6 Å². The second-order valence-electron chi connectivity index (χ2n) is 2.32. The van der Waals surface area contributed by atoms with E-state index in [-0.39, 0.29) is 0 Å². The van der Waals surface area contributed by atoms with E-state index in [0.29, 0.717) is 6.42 Å². The molecule has 11 heavy (non-hydrogen) atoms. The number of nitrogens with zero attached hydrogens (tertiary/aromatic N) is 1. The molecular formula is C9H11NO. The van der Waals surface area contributed by atoms with Gasteiger partial charge in [0.05, 0.1) is 6.10 Å². The molecule has 0 aliphatic rings. The fraction of sp³-hybridized carbons (Fsp3) is 0.222. The van der Waals surface area contributed by atoms with Crippen molar-refractivity contribution < 1.29 is 5.11 Å². The van der Waals surface area contributed by atoms with Crippen LogP contribution >= 0.6 is 0 Å². The van der Waals surface area contributed by atoms with Gasteiger partial charge in [0.25, 0.3) is 0 Å². The topological polar surface area (TPSA) is 33.1 Å². The predicted molar refractivity (Wildman–Crippen MR) is 44.0 cm³/mol. The van der Waals surface area contributed by atoms with E-state index >= 15 is 0 Å². The van der Waals surface area contributed by atoms with Crippen molar-refractivity contribution in [2.45, 2.75) is 12.5 Å². The summed E-state index contributed by atoms with van der Waals surface area (Å²) in [6, 6.07) is 3.60. The first kappa shape index (κ1) is 7.95. The molecule has 1 rings (SSSR count). The van der Waals surface area contributed by atoms with Crippen LogP contribution in [0.4, 0.5) is 0 Å². The summed E-state index contributed by atoms with van der Waals surface area (Å²) < 4.78 is 0. The molecule has 0 amide bonds. The van der Waals surface area contributed by atoms with E-state index in [4.69, 9.17) is 0 Å². The lowest BCUT2D eigenvalue weighted by Gasteiger charge is -2.06. The van der Waals surface area contributed by atoms with Crippen molar-refractivity contribution >= 4 is 0 Å². The second kappa shape index (κ2) is 3.88. The van der Waals surface area contributed by atoms with Gasteiger partial charge >= 0.3 is 0 Å². The van der Waals surface area contributed by atoms with Gasteiger partial charge in [-0.2, -0.15) is 0 Å². The highest BCUT2D eigenvalue weighted by molar-refractivity contribution is 5.13. The number of pyridine rings is 1. The third-order valence-electron chi connectivity index (χ3n) is 1.48. The molecule has 1 N–H and O–H groups in total. The molecule has 0 unspecified atom stereocenters. The van der Waals surface area contributed by atoms with Crippen molar-refractivity contribution in [1.82, 2.24) is 4.98 Å². The third kappa shape index (κ3) is 2.16. The van der Waals surface area contributed by atoms with E-state index in [1.165, 1.54) is 0 Å². The Balaban J connectivity index is 2.68. The van der Waals surface area contributed by atoms with Gasteiger partial charge < -0.3 is 5.11 Å². The molecule has 0 aliphatic carbocycles. The number of aliphatic hydroxyl groups is 1. The van der Waals surface area contributed by atoms with E-state index in [1.54, 1.807) is 30.6 Å². The molecular weight excluding hydrogens is 138 g/mol. The van der Waals surface area contributed by atoms with Crippen LogP contribution in [0.15, 0.2) is 37.2 Å². The first-order chi connectivity index (χ1) is 5.34. The van der Waals surface area contributed by atoms with Crippen LogP contribution in [0.1, 0.15) is 18.1 Å². The molecule has 0 radical (unpaired) electrons. The Morgan fingerprint density at radius 1 is 1.55 bits per heavy atom. The largest absolute Gasteiger partial charge is 0.388 e. The summed E-state index contributed by atoms with van der Waals surface area (Å²) in [6.45, 7) is 3.55. The van der Waals surface area contributed by atoms with Gasteiger partial charge in [0.1, 0.15) is 0 Å². The van der Waals surface area contributed by atoms with Crippen molar-refractivity contribution in [3.63, 3.8) is 0 Å². The molecule has 1 heterocycles. The van der Waals surface area contributed by atoms with Crippen LogP contribution in [0.3, 0.4) is 0 Å². The number of hydrogen-bond acceptors (Lipinski definition) is 2. The highest BCUT2D eigenvalue weighted by Gasteiger charge is 2.02. The maximum atomic E-state index is 9.42. The average molecular weight is 149 g/mol. The maximum absolute atomic E-state index is 9.42.